The Balaban J connectivity index is 1.94. The first-order chi connectivity index (χ1) is 9.20. The molecule has 1 aliphatic carbocycles. The minimum absolute atomic E-state index is 0.0454. The molecule has 3 nitrogen and oxygen atoms in total. The lowest BCUT2D eigenvalue weighted by Crippen LogP contribution is -2.35. The second kappa shape index (κ2) is 6.87. The van der Waals surface area contributed by atoms with Crippen LogP contribution in [0.2, 0.25) is 0 Å². The molecule has 1 aliphatic rings. The summed E-state index contributed by atoms with van der Waals surface area (Å²) < 4.78 is 24.6. The second-order valence-corrected chi connectivity index (χ2v) is 5.11. The quantitative estimate of drug-likeness (QED) is 0.853. The smallest absolute Gasteiger partial charge is 0.132 e. The Labute approximate surface area is 113 Å². The van der Waals surface area contributed by atoms with Gasteiger partial charge in [-0.1, -0.05) is 25.3 Å². The summed E-state index contributed by atoms with van der Waals surface area (Å²) in [5.41, 5.74) is 6.64. The van der Waals surface area contributed by atoms with Crippen molar-refractivity contribution < 1.29 is 13.9 Å². The number of hydrogen-bond donors (Lipinski definition) is 1. The van der Waals surface area contributed by atoms with E-state index in [1.54, 1.807) is 12.1 Å². The highest BCUT2D eigenvalue weighted by Gasteiger charge is 2.21. The van der Waals surface area contributed by atoms with Crippen LogP contribution in [0.5, 0.6) is 5.75 Å². The Bertz CT molecular complexity index is 411. The van der Waals surface area contributed by atoms with E-state index >= 15 is 0 Å². The van der Waals surface area contributed by atoms with Crippen LogP contribution in [0.25, 0.3) is 0 Å². The van der Waals surface area contributed by atoms with Gasteiger partial charge in [-0.25, -0.2) is 4.39 Å². The third kappa shape index (κ3) is 3.91. The lowest BCUT2D eigenvalue weighted by Gasteiger charge is -2.22. The molecule has 4 heteroatoms. The highest BCUT2D eigenvalue weighted by molar-refractivity contribution is 5.28. The summed E-state index contributed by atoms with van der Waals surface area (Å²) in [7, 11) is 1.52. The molecule has 0 heterocycles. The van der Waals surface area contributed by atoms with Crippen molar-refractivity contribution in [1.29, 1.82) is 0 Å². The van der Waals surface area contributed by atoms with E-state index in [2.05, 4.69) is 0 Å². The van der Waals surface area contributed by atoms with Crippen molar-refractivity contribution in [2.75, 3.05) is 7.11 Å². The van der Waals surface area contributed by atoms with Crippen LogP contribution in [-0.2, 0) is 11.3 Å². The van der Waals surface area contributed by atoms with Crippen molar-refractivity contribution in [3.8, 4) is 5.75 Å². The summed E-state index contributed by atoms with van der Waals surface area (Å²) >= 11 is 0. The normalized spacial score (nSPS) is 23.9. The third-order valence-corrected chi connectivity index (χ3v) is 3.72. The molecule has 2 unspecified atom stereocenters. The van der Waals surface area contributed by atoms with Crippen molar-refractivity contribution >= 4 is 0 Å². The lowest BCUT2D eigenvalue weighted by atomic mass is 10.1. The van der Waals surface area contributed by atoms with Crippen LogP contribution in [0.3, 0.4) is 0 Å². The van der Waals surface area contributed by atoms with E-state index in [-0.39, 0.29) is 24.6 Å². The van der Waals surface area contributed by atoms with Crippen LogP contribution in [0.1, 0.15) is 37.7 Å². The van der Waals surface area contributed by atoms with Crippen LogP contribution in [0, 0.1) is 5.82 Å². The summed E-state index contributed by atoms with van der Waals surface area (Å²) in [6.07, 6.45) is 5.53. The fourth-order valence-electron chi connectivity index (χ4n) is 2.48. The van der Waals surface area contributed by atoms with E-state index in [9.17, 15) is 4.39 Å². The molecule has 0 saturated heterocycles. The van der Waals surface area contributed by atoms with Gasteiger partial charge >= 0.3 is 0 Å². The monoisotopic (exact) mass is 267 g/mol. The van der Waals surface area contributed by atoms with Crippen molar-refractivity contribution in [3.63, 3.8) is 0 Å². The standard InChI is InChI=1S/C15H22FNO2/c1-18-12-8-7-11(13(16)9-12)10-19-15-6-4-2-3-5-14(15)17/h7-9,14-15H,2-6,10,17H2,1H3. The maximum atomic E-state index is 13.8. The number of hydrogen-bond acceptors (Lipinski definition) is 3. The molecular weight excluding hydrogens is 245 g/mol. The van der Waals surface area contributed by atoms with Gasteiger partial charge in [-0.15, -0.1) is 0 Å². The number of benzene rings is 1. The van der Waals surface area contributed by atoms with Gasteiger partial charge in [0, 0.05) is 17.7 Å². The predicted molar refractivity (Wildman–Crippen MR) is 72.6 cm³/mol. The number of halogens is 1. The summed E-state index contributed by atoms with van der Waals surface area (Å²) in [6.45, 7) is 0.272. The summed E-state index contributed by atoms with van der Waals surface area (Å²) in [5.74, 6) is 0.231. The number of methoxy groups -OCH3 is 1. The second-order valence-electron chi connectivity index (χ2n) is 5.11. The van der Waals surface area contributed by atoms with Gasteiger partial charge in [-0.2, -0.15) is 0 Å². The van der Waals surface area contributed by atoms with Gasteiger partial charge in [0.15, 0.2) is 0 Å². The highest BCUT2D eigenvalue weighted by atomic mass is 19.1. The fourth-order valence-corrected chi connectivity index (χ4v) is 2.48. The van der Waals surface area contributed by atoms with E-state index in [4.69, 9.17) is 15.2 Å². The molecule has 2 N–H and O–H groups in total. The lowest BCUT2D eigenvalue weighted by molar-refractivity contribution is 0.0181. The largest absolute Gasteiger partial charge is 0.497 e. The Morgan fingerprint density at radius 1 is 1.26 bits per heavy atom. The van der Waals surface area contributed by atoms with E-state index in [1.165, 1.54) is 19.6 Å². The van der Waals surface area contributed by atoms with Gasteiger partial charge in [0.05, 0.1) is 19.8 Å². The Morgan fingerprint density at radius 2 is 2.05 bits per heavy atom. The predicted octanol–water partition coefficient (Wildman–Crippen LogP) is 3.01. The van der Waals surface area contributed by atoms with Crippen molar-refractivity contribution in [3.05, 3.63) is 29.6 Å². The minimum atomic E-state index is -0.290. The molecule has 0 aromatic heterocycles. The molecule has 1 aromatic rings. The number of rotatable bonds is 4. The van der Waals surface area contributed by atoms with Gasteiger partial charge in [-0.05, 0) is 18.9 Å². The van der Waals surface area contributed by atoms with Gasteiger partial charge in [0.25, 0.3) is 0 Å². The number of nitrogens with two attached hydrogens (primary N) is 1. The average Bonchev–Trinajstić information content (AvgIpc) is 2.62. The molecular formula is C15H22FNO2. The molecule has 106 valence electrons. The third-order valence-electron chi connectivity index (χ3n) is 3.72. The topological polar surface area (TPSA) is 44.5 Å². The molecule has 0 radical (unpaired) electrons. The molecule has 2 atom stereocenters. The molecule has 1 fully saturated rings. The van der Waals surface area contributed by atoms with E-state index in [0.29, 0.717) is 11.3 Å². The molecule has 0 aliphatic heterocycles. The Kier molecular flexibility index (Phi) is 5.16. The highest BCUT2D eigenvalue weighted by Crippen LogP contribution is 2.22. The van der Waals surface area contributed by atoms with Crippen LogP contribution in [0.4, 0.5) is 4.39 Å². The first-order valence-electron chi connectivity index (χ1n) is 6.90. The van der Waals surface area contributed by atoms with Crippen molar-refractivity contribution in [2.24, 2.45) is 5.73 Å². The van der Waals surface area contributed by atoms with Crippen molar-refractivity contribution in [1.82, 2.24) is 0 Å². The molecule has 0 spiro atoms. The zero-order valence-corrected chi connectivity index (χ0v) is 11.4. The molecule has 19 heavy (non-hydrogen) atoms. The zero-order valence-electron chi connectivity index (χ0n) is 11.4. The minimum Gasteiger partial charge on any atom is -0.497 e. The first-order valence-corrected chi connectivity index (χ1v) is 6.90. The van der Waals surface area contributed by atoms with Gasteiger partial charge < -0.3 is 15.2 Å². The molecule has 0 amide bonds. The maximum absolute atomic E-state index is 13.8. The first kappa shape index (κ1) is 14.3. The Hall–Kier alpha value is -1.13. The average molecular weight is 267 g/mol. The Morgan fingerprint density at radius 3 is 2.79 bits per heavy atom. The molecule has 1 aromatic carbocycles. The van der Waals surface area contributed by atoms with Gasteiger partial charge in [0.1, 0.15) is 11.6 Å². The molecule has 0 bridgehead atoms. The van der Waals surface area contributed by atoms with E-state index in [0.717, 1.165) is 25.7 Å². The number of ether oxygens (including phenoxy) is 2. The van der Waals surface area contributed by atoms with Gasteiger partial charge in [-0.3, -0.25) is 0 Å². The SMILES string of the molecule is COc1ccc(COC2CCCCCC2N)c(F)c1. The molecule has 1 saturated carbocycles. The molecule has 2 rings (SSSR count). The van der Waals surface area contributed by atoms with Crippen LogP contribution in [-0.4, -0.2) is 19.3 Å². The summed E-state index contributed by atoms with van der Waals surface area (Å²) in [5, 5.41) is 0. The zero-order chi connectivity index (χ0) is 13.7. The summed E-state index contributed by atoms with van der Waals surface area (Å²) in [4.78, 5) is 0. The van der Waals surface area contributed by atoms with Crippen LogP contribution in [0.15, 0.2) is 18.2 Å². The maximum Gasteiger partial charge on any atom is 0.132 e. The van der Waals surface area contributed by atoms with E-state index in [1.807, 2.05) is 0 Å². The fraction of sp³-hybridized carbons (Fsp3) is 0.600. The summed E-state index contributed by atoms with van der Waals surface area (Å²) in [6, 6.07) is 4.90. The van der Waals surface area contributed by atoms with Crippen LogP contribution < -0.4 is 10.5 Å². The van der Waals surface area contributed by atoms with E-state index < -0.39 is 0 Å². The van der Waals surface area contributed by atoms with Crippen molar-refractivity contribution in [2.45, 2.75) is 50.9 Å². The van der Waals surface area contributed by atoms with Crippen LogP contribution >= 0.6 is 0 Å². The van der Waals surface area contributed by atoms with Gasteiger partial charge in [0.2, 0.25) is 0 Å².